The molecule has 1 aromatic carbocycles. The van der Waals surface area contributed by atoms with E-state index >= 15 is 0 Å². The molecule has 1 fully saturated rings. The van der Waals surface area contributed by atoms with Crippen molar-refractivity contribution in [1.29, 1.82) is 5.26 Å². The first-order chi connectivity index (χ1) is 8.20. The standard InChI is InChI=1S/C13H15N3O.ClH/c14-8-10-3-5-11(6-4-10)9-16-7-1-2-12(16)13(15)17;/h3-6,12H,1-2,7,9H2,(H2,15,17);1H/t12-;/m0./s1. The fourth-order valence-corrected chi connectivity index (χ4v) is 2.26. The number of likely N-dealkylation sites (tertiary alicyclic amines) is 1. The Kier molecular flexibility index (Phi) is 5.14. The summed E-state index contributed by atoms with van der Waals surface area (Å²) in [6.45, 7) is 1.63. The number of hydrogen-bond acceptors (Lipinski definition) is 3. The minimum absolute atomic E-state index is 0. The lowest BCUT2D eigenvalue weighted by Crippen LogP contribution is -2.39. The summed E-state index contributed by atoms with van der Waals surface area (Å²) in [7, 11) is 0. The zero-order chi connectivity index (χ0) is 12.3. The summed E-state index contributed by atoms with van der Waals surface area (Å²) >= 11 is 0. The van der Waals surface area contributed by atoms with E-state index in [9.17, 15) is 4.79 Å². The highest BCUT2D eigenvalue weighted by Gasteiger charge is 2.28. The fraction of sp³-hybridized carbons (Fsp3) is 0.385. The highest BCUT2D eigenvalue weighted by molar-refractivity contribution is 5.85. The van der Waals surface area contributed by atoms with Gasteiger partial charge in [0, 0.05) is 6.54 Å². The van der Waals surface area contributed by atoms with E-state index in [1.807, 2.05) is 12.1 Å². The maximum atomic E-state index is 11.2. The molecule has 0 saturated carbocycles. The van der Waals surface area contributed by atoms with Crippen LogP contribution in [-0.2, 0) is 11.3 Å². The molecular weight excluding hydrogens is 250 g/mol. The van der Waals surface area contributed by atoms with Crippen LogP contribution in [0.25, 0.3) is 0 Å². The predicted octanol–water partition coefficient (Wildman–Crippen LogP) is 1.43. The van der Waals surface area contributed by atoms with Crippen molar-refractivity contribution in [3.63, 3.8) is 0 Å². The molecule has 0 bridgehead atoms. The van der Waals surface area contributed by atoms with Gasteiger partial charge >= 0.3 is 0 Å². The highest BCUT2D eigenvalue weighted by Crippen LogP contribution is 2.19. The van der Waals surface area contributed by atoms with Gasteiger partial charge in [-0.3, -0.25) is 9.69 Å². The van der Waals surface area contributed by atoms with Gasteiger partial charge < -0.3 is 5.73 Å². The number of carbonyl (C=O) groups is 1. The van der Waals surface area contributed by atoms with Crippen molar-refractivity contribution in [1.82, 2.24) is 4.90 Å². The smallest absolute Gasteiger partial charge is 0.234 e. The quantitative estimate of drug-likeness (QED) is 0.899. The van der Waals surface area contributed by atoms with Crippen molar-refractivity contribution < 1.29 is 4.79 Å². The number of primary amides is 1. The number of amides is 1. The van der Waals surface area contributed by atoms with Crippen LogP contribution in [0.1, 0.15) is 24.0 Å². The van der Waals surface area contributed by atoms with Crippen molar-refractivity contribution in [2.24, 2.45) is 5.73 Å². The predicted molar refractivity (Wildman–Crippen MR) is 71.0 cm³/mol. The number of benzene rings is 1. The molecule has 4 nitrogen and oxygen atoms in total. The Morgan fingerprint density at radius 3 is 2.67 bits per heavy atom. The maximum Gasteiger partial charge on any atom is 0.234 e. The van der Waals surface area contributed by atoms with Crippen LogP contribution in [-0.4, -0.2) is 23.4 Å². The number of nitriles is 1. The van der Waals surface area contributed by atoms with Gasteiger partial charge in [-0.05, 0) is 37.1 Å². The van der Waals surface area contributed by atoms with Gasteiger partial charge in [0.2, 0.25) is 5.91 Å². The van der Waals surface area contributed by atoms with Gasteiger partial charge in [-0.15, -0.1) is 12.4 Å². The van der Waals surface area contributed by atoms with Gasteiger partial charge in [0.15, 0.2) is 0 Å². The van der Waals surface area contributed by atoms with E-state index < -0.39 is 0 Å². The van der Waals surface area contributed by atoms with Crippen molar-refractivity contribution in [3.8, 4) is 6.07 Å². The molecule has 0 spiro atoms. The molecule has 1 heterocycles. The van der Waals surface area contributed by atoms with E-state index in [4.69, 9.17) is 11.0 Å². The van der Waals surface area contributed by atoms with Crippen molar-refractivity contribution in [2.75, 3.05) is 6.54 Å². The maximum absolute atomic E-state index is 11.2. The molecule has 2 rings (SSSR count). The molecule has 1 aliphatic heterocycles. The first-order valence-electron chi connectivity index (χ1n) is 5.73. The molecule has 0 unspecified atom stereocenters. The number of nitrogens with two attached hydrogens (primary N) is 1. The topological polar surface area (TPSA) is 70.1 Å². The molecule has 0 radical (unpaired) electrons. The number of carbonyl (C=O) groups excluding carboxylic acids is 1. The molecule has 18 heavy (non-hydrogen) atoms. The first kappa shape index (κ1) is 14.5. The minimum Gasteiger partial charge on any atom is -0.368 e. The van der Waals surface area contributed by atoms with Gasteiger partial charge in [-0.1, -0.05) is 12.1 Å². The number of rotatable bonds is 3. The van der Waals surface area contributed by atoms with Gasteiger partial charge in [0.05, 0.1) is 17.7 Å². The third kappa shape index (κ3) is 3.22. The van der Waals surface area contributed by atoms with Gasteiger partial charge in [-0.25, -0.2) is 0 Å². The molecule has 0 aromatic heterocycles. The van der Waals surface area contributed by atoms with Crippen molar-refractivity contribution >= 4 is 18.3 Å². The SMILES string of the molecule is Cl.N#Cc1ccc(CN2CCC[C@H]2C(N)=O)cc1. The fourth-order valence-electron chi connectivity index (χ4n) is 2.26. The molecule has 1 amide bonds. The Labute approximate surface area is 113 Å². The van der Waals surface area contributed by atoms with Crippen LogP contribution in [0.4, 0.5) is 0 Å². The second-order valence-corrected chi connectivity index (χ2v) is 4.34. The number of halogens is 1. The molecule has 1 atom stereocenters. The van der Waals surface area contributed by atoms with E-state index in [0.717, 1.165) is 31.5 Å². The van der Waals surface area contributed by atoms with Crippen LogP contribution in [0, 0.1) is 11.3 Å². The minimum atomic E-state index is -0.240. The van der Waals surface area contributed by atoms with Crippen molar-refractivity contribution in [2.45, 2.75) is 25.4 Å². The normalized spacial score (nSPS) is 18.9. The van der Waals surface area contributed by atoms with Crippen LogP contribution < -0.4 is 5.73 Å². The van der Waals surface area contributed by atoms with Crippen LogP contribution in [0.3, 0.4) is 0 Å². The molecule has 2 N–H and O–H groups in total. The second-order valence-electron chi connectivity index (χ2n) is 4.34. The summed E-state index contributed by atoms with van der Waals surface area (Å²) in [5.41, 5.74) is 7.13. The molecule has 1 aliphatic rings. The molecule has 1 aromatic rings. The Morgan fingerprint density at radius 1 is 1.44 bits per heavy atom. The van der Waals surface area contributed by atoms with E-state index in [-0.39, 0.29) is 24.4 Å². The summed E-state index contributed by atoms with van der Waals surface area (Å²) in [6, 6.07) is 9.40. The Morgan fingerprint density at radius 2 is 2.11 bits per heavy atom. The third-order valence-electron chi connectivity index (χ3n) is 3.16. The van der Waals surface area contributed by atoms with E-state index in [1.54, 1.807) is 12.1 Å². The molecular formula is C13H16ClN3O. The van der Waals surface area contributed by atoms with Crippen LogP contribution >= 0.6 is 12.4 Å². The highest BCUT2D eigenvalue weighted by atomic mass is 35.5. The van der Waals surface area contributed by atoms with Gasteiger partial charge in [-0.2, -0.15) is 5.26 Å². The summed E-state index contributed by atoms with van der Waals surface area (Å²) in [6.07, 6.45) is 1.87. The lowest BCUT2D eigenvalue weighted by atomic mass is 10.1. The number of nitrogens with zero attached hydrogens (tertiary/aromatic N) is 2. The lowest BCUT2D eigenvalue weighted by molar-refractivity contribution is -0.122. The molecule has 96 valence electrons. The van der Waals surface area contributed by atoms with E-state index in [0.29, 0.717) is 5.56 Å². The van der Waals surface area contributed by atoms with Crippen LogP contribution in [0.5, 0.6) is 0 Å². The van der Waals surface area contributed by atoms with E-state index in [1.165, 1.54) is 0 Å². The lowest BCUT2D eigenvalue weighted by Gasteiger charge is -2.21. The van der Waals surface area contributed by atoms with Crippen LogP contribution in [0.2, 0.25) is 0 Å². The van der Waals surface area contributed by atoms with Crippen molar-refractivity contribution in [3.05, 3.63) is 35.4 Å². The summed E-state index contributed by atoms with van der Waals surface area (Å²) in [5, 5.41) is 8.71. The van der Waals surface area contributed by atoms with E-state index in [2.05, 4.69) is 11.0 Å². The zero-order valence-electron chi connectivity index (χ0n) is 10.0. The monoisotopic (exact) mass is 265 g/mol. The largest absolute Gasteiger partial charge is 0.368 e. The average molecular weight is 266 g/mol. The molecule has 0 aliphatic carbocycles. The molecule has 5 heteroatoms. The Bertz CT molecular complexity index is 452. The summed E-state index contributed by atoms with van der Waals surface area (Å²) in [5.74, 6) is -0.240. The van der Waals surface area contributed by atoms with Gasteiger partial charge in [0.25, 0.3) is 0 Å². The average Bonchev–Trinajstić information content (AvgIpc) is 2.78. The molecule has 1 saturated heterocycles. The zero-order valence-corrected chi connectivity index (χ0v) is 10.8. The van der Waals surface area contributed by atoms with Crippen LogP contribution in [0.15, 0.2) is 24.3 Å². The Balaban J connectivity index is 0.00000162. The Hall–Kier alpha value is -1.57. The second kappa shape index (κ2) is 6.39. The summed E-state index contributed by atoms with van der Waals surface area (Å²) < 4.78 is 0. The number of hydrogen-bond donors (Lipinski definition) is 1. The summed E-state index contributed by atoms with van der Waals surface area (Å²) in [4.78, 5) is 13.3. The first-order valence-corrected chi connectivity index (χ1v) is 5.73. The third-order valence-corrected chi connectivity index (χ3v) is 3.16. The van der Waals surface area contributed by atoms with Gasteiger partial charge in [0.1, 0.15) is 0 Å².